The van der Waals surface area contributed by atoms with Crippen LogP contribution in [0.4, 0.5) is 0 Å². The van der Waals surface area contributed by atoms with Crippen LogP contribution in [0, 0.1) is 5.92 Å². The van der Waals surface area contributed by atoms with Gasteiger partial charge in [0.2, 0.25) is 5.91 Å². The van der Waals surface area contributed by atoms with E-state index in [9.17, 15) is 4.79 Å². The van der Waals surface area contributed by atoms with Crippen LogP contribution in [0.3, 0.4) is 0 Å². The molecule has 1 heterocycles. The van der Waals surface area contributed by atoms with E-state index in [4.69, 9.17) is 5.73 Å². The lowest BCUT2D eigenvalue weighted by Gasteiger charge is -2.21. The van der Waals surface area contributed by atoms with E-state index in [0.29, 0.717) is 24.8 Å². The third kappa shape index (κ3) is 8.91. The first kappa shape index (κ1) is 22.4. The molecule has 1 aromatic heterocycles. The van der Waals surface area contributed by atoms with Crippen molar-refractivity contribution in [3.05, 3.63) is 30.1 Å². The summed E-state index contributed by atoms with van der Waals surface area (Å²) in [6.07, 6.45) is 4.86. The molecule has 0 spiro atoms. The predicted octanol–water partition coefficient (Wildman–Crippen LogP) is 2.91. The number of hydrogen-bond donors (Lipinski definition) is 2. The molecular weight excluding hydrogens is 309 g/mol. The molecule has 0 bridgehead atoms. The molecule has 0 saturated carbocycles. The molecule has 122 valence electrons. The zero-order valence-electron chi connectivity index (χ0n) is 12.9. The number of aromatic nitrogens is 1. The van der Waals surface area contributed by atoms with Gasteiger partial charge in [0, 0.05) is 37.3 Å². The van der Waals surface area contributed by atoms with Gasteiger partial charge in [0.1, 0.15) is 0 Å². The lowest BCUT2D eigenvalue weighted by atomic mass is 9.89. The van der Waals surface area contributed by atoms with Gasteiger partial charge in [0.15, 0.2) is 0 Å². The summed E-state index contributed by atoms with van der Waals surface area (Å²) in [4.78, 5) is 15.9. The minimum absolute atomic E-state index is 0. The Labute approximate surface area is 140 Å². The smallest absolute Gasteiger partial charge is 0.220 e. The van der Waals surface area contributed by atoms with E-state index in [1.54, 1.807) is 6.20 Å². The van der Waals surface area contributed by atoms with Crippen LogP contribution in [0.15, 0.2) is 24.5 Å². The average Bonchev–Trinajstić information content (AvgIpc) is 2.37. The van der Waals surface area contributed by atoms with Crippen molar-refractivity contribution in [2.24, 2.45) is 11.7 Å². The highest BCUT2D eigenvalue weighted by molar-refractivity contribution is 5.85. The van der Waals surface area contributed by atoms with Gasteiger partial charge in [-0.3, -0.25) is 9.78 Å². The Kier molecular flexibility index (Phi) is 12.6. The van der Waals surface area contributed by atoms with Crippen molar-refractivity contribution in [2.75, 3.05) is 6.54 Å². The highest BCUT2D eigenvalue weighted by Crippen LogP contribution is 2.22. The van der Waals surface area contributed by atoms with Crippen LogP contribution in [0.5, 0.6) is 0 Å². The Balaban J connectivity index is 0. The van der Waals surface area contributed by atoms with Crippen LogP contribution in [-0.4, -0.2) is 23.5 Å². The number of carbonyl (C=O) groups is 1. The number of halogens is 2. The summed E-state index contributed by atoms with van der Waals surface area (Å²) in [5.41, 5.74) is 6.82. The van der Waals surface area contributed by atoms with Crippen molar-refractivity contribution in [3.8, 4) is 0 Å². The maximum atomic E-state index is 11.7. The maximum absolute atomic E-state index is 11.7. The molecule has 1 amide bonds. The van der Waals surface area contributed by atoms with Crippen molar-refractivity contribution in [2.45, 2.75) is 45.6 Å². The minimum Gasteiger partial charge on any atom is -0.355 e. The van der Waals surface area contributed by atoms with Gasteiger partial charge in [-0.25, -0.2) is 0 Å². The number of nitrogens with two attached hydrogens (primary N) is 1. The SMILES string of the molecule is CC(N)CCC(=O)NCC(c1cccnc1)C(C)C.Cl.Cl. The van der Waals surface area contributed by atoms with Crippen molar-refractivity contribution in [3.63, 3.8) is 0 Å². The Morgan fingerprint density at radius 3 is 2.48 bits per heavy atom. The van der Waals surface area contributed by atoms with Crippen molar-refractivity contribution < 1.29 is 4.79 Å². The Morgan fingerprint density at radius 2 is 2.00 bits per heavy atom. The fourth-order valence-electron chi connectivity index (χ4n) is 2.00. The topological polar surface area (TPSA) is 68.0 Å². The summed E-state index contributed by atoms with van der Waals surface area (Å²) in [7, 11) is 0. The van der Waals surface area contributed by atoms with Crippen LogP contribution < -0.4 is 11.1 Å². The molecule has 0 aliphatic rings. The van der Waals surface area contributed by atoms with Gasteiger partial charge in [-0.1, -0.05) is 19.9 Å². The van der Waals surface area contributed by atoms with Gasteiger partial charge >= 0.3 is 0 Å². The summed E-state index contributed by atoms with van der Waals surface area (Å²) in [6.45, 7) is 6.89. The fourth-order valence-corrected chi connectivity index (χ4v) is 2.00. The molecule has 0 saturated heterocycles. The first-order valence-corrected chi connectivity index (χ1v) is 6.93. The van der Waals surface area contributed by atoms with Crippen molar-refractivity contribution >= 4 is 30.7 Å². The highest BCUT2D eigenvalue weighted by Gasteiger charge is 2.16. The number of carbonyl (C=O) groups excluding carboxylic acids is 1. The summed E-state index contributed by atoms with van der Waals surface area (Å²) in [5, 5.41) is 3.00. The molecule has 3 N–H and O–H groups in total. The summed E-state index contributed by atoms with van der Waals surface area (Å²) in [5.74, 6) is 0.831. The van der Waals surface area contributed by atoms with Gasteiger partial charge in [-0.05, 0) is 30.9 Å². The Morgan fingerprint density at radius 1 is 1.33 bits per heavy atom. The molecule has 0 aromatic carbocycles. The number of rotatable bonds is 7. The van der Waals surface area contributed by atoms with Crippen molar-refractivity contribution in [1.82, 2.24) is 10.3 Å². The lowest BCUT2D eigenvalue weighted by molar-refractivity contribution is -0.121. The second-order valence-corrected chi connectivity index (χ2v) is 5.46. The maximum Gasteiger partial charge on any atom is 0.220 e. The zero-order valence-corrected chi connectivity index (χ0v) is 14.5. The number of pyridine rings is 1. The molecule has 0 aliphatic carbocycles. The van der Waals surface area contributed by atoms with Crippen LogP contribution in [0.1, 0.15) is 45.1 Å². The normalized spacial score (nSPS) is 12.8. The molecule has 0 aliphatic heterocycles. The first-order chi connectivity index (χ1) is 9.00. The number of nitrogens with zero attached hydrogens (tertiary/aromatic N) is 1. The number of amides is 1. The summed E-state index contributed by atoms with van der Waals surface area (Å²) >= 11 is 0. The standard InChI is InChI=1S/C15H25N3O.2ClH/c1-11(2)14(13-5-4-8-17-9-13)10-18-15(19)7-6-12(3)16;;/h4-5,8-9,11-12,14H,6-7,10,16H2,1-3H3,(H,18,19);2*1H. The van der Waals surface area contributed by atoms with Crippen LogP contribution >= 0.6 is 24.8 Å². The molecule has 4 nitrogen and oxygen atoms in total. The second kappa shape index (κ2) is 11.8. The van der Waals surface area contributed by atoms with E-state index in [0.717, 1.165) is 6.42 Å². The van der Waals surface area contributed by atoms with Gasteiger partial charge in [-0.15, -0.1) is 24.8 Å². The third-order valence-corrected chi connectivity index (χ3v) is 3.26. The molecule has 0 radical (unpaired) electrons. The number of nitrogens with one attached hydrogen (secondary N) is 1. The number of hydrogen-bond acceptors (Lipinski definition) is 3. The largest absolute Gasteiger partial charge is 0.355 e. The molecular formula is C15H27Cl2N3O. The van der Waals surface area contributed by atoms with Crippen LogP contribution in [0.25, 0.3) is 0 Å². The monoisotopic (exact) mass is 335 g/mol. The predicted molar refractivity (Wildman–Crippen MR) is 92.2 cm³/mol. The van der Waals surface area contributed by atoms with Crippen LogP contribution in [-0.2, 0) is 4.79 Å². The van der Waals surface area contributed by atoms with E-state index >= 15 is 0 Å². The Hall–Kier alpha value is -0.840. The molecule has 1 rings (SSSR count). The van der Waals surface area contributed by atoms with Gasteiger partial charge in [-0.2, -0.15) is 0 Å². The molecule has 2 unspecified atom stereocenters. The zero-order chi connectivity index (χ0) is 14.3. The van der Waals surface area contributed by atoms with E-state index in [-0.39, 0.29) is 36.8 Å². The van der Waals surface area contributed by atoms with E-state index < -0.39 is 0 Å². The quantitative estimate of drug-likeness (QED) is 0.804. The highest BCUT2D eigenvalue weighted by atomic mass is 35.5. The minimum atomic E-state index is 0. The molecule has 21 heavy (non-hydrogen) atoms. The fraction of sp³-hybridized carbons (Fsp3) is 0.600. The van der Waals surface area contributed by atoms with Crippen LogP contribution in [0.2, 0.25) is 0 Å². The van der Waals surface area contributed by atoms with Gasteiger partial charge in [0.25, 0.3) is 0 Å². The van der Waals surface area contributed by atoms with Crippen molar-refractivity contribution in [1.29, 1.82) is 0 Å². The average molecular weight is 336 g/mol. The summed E-state index contributed by atoms with van der Waals surface area (Å²) < 4.78 is 0. The Bertz CT molecular complexity index is 386. The molecule has 2 atom stereocenters. The van der Waals surface area contributed by atoms with E-state index in [2.05, 4.69) is 30.2 Å². The molecule has 0 fully saturated rings. The second-order valence-electron chi connectivity index (χ2n) is 5.46. The van der Waals surface area contributed by atoms with Gasteiger partial charge < -0.3 is 11.1 Å². The summed E-state index contributed by atoms with van der Waals surface area (Å²) in [6, 6.07) is 4.07. The lowest BCUT2D eigenvalue weighted by Crippen LogP contribution is -2.31. The molecule has 6 heteroatoms. The first-order valence-electron chi connectivity index (χ1n) is 6.93. The van der Waals surface area contributed by atoms with E-state index in [1.807, 2.05) is 19.2 Å². The van der Waals surface area contributed by atoms with Gasteiger partial charge in [0.05, 0.1) is 0 Å². The third-order valence-electron chi connectivity index (χ3n) is 3.26. The van der Waals surface area contributed by atoms with E-state index in [1.165, 1.54) is 5.56 Å². The molecule has 1 aromatic rings.